The van der Waals surface area contributed by atoms with Gasteiger partial charge in [-0.15, -0.1) is 0 Å². The van der Waals surface area contributed by atoms with Gasteiger partial charge in [-0.05, 0) is 39.0 Å². The third kappa shape index (κ3) is 15.4. The number of hydrogen-bond donors (Lipinski definition) is 0. The Hall–Kier alpha value is -0.590. The summed E-state index contributed by atoms with van der Waals surface area (Å²) in [7, 11) is 0. The third-order valence-electron chi connectivity index (χ3n) is 3.29. The summed E-state index contributed by atoms with van der Waals surface area (Å²) < 4.78 is 0. The topological polar surface area (TPSA) is 17.1 Å². The zero-order valence-electron chi connectivity index (χ0n) is 12.5. The lowest BCUT2D eigenvalue weighted by atomic mass is 10.1. The molecule has 106 valence electrons. The van der Waals surface area contributed by atoms with Crippen LogP contribution in [0.5, 0.6) is 0 Å². The lowest BCUT2D eigenvalue weighted by Gasteiger charge is -1.98. The van der Waals surface area contributed by atoms with Gasteiger partial charge in [-0.1, -0.05) is 57.6 Å². The van der Waals surface area contributed by atoms with Crippen LogP contribution in [-0.2, 0) is 4.79 Å². The van der Waals surface area contributed by atoms with E-state index in [1.807, 2.05) is 0 Å². The largest absolute Gasteiger partial charge is 0.300 e. The van der Waals surface area contributed by atoms with Crippen molar-refractivity contribution in [1.82, 2.24) is 0 Å². The van der Waals surface area contributed by atoms with Crippen molar-refractivity contribution in [3.8, 4) is 0 Å². The number of carbonyl (C=O) groups is 1. The van der Waals surface area contributed by atoms with Gasteiger partial charge in [0.05, 0.1) is 0 Å². The zero-order valence-corrected chi connectivity index (χ0v) is 12.5. The molecule has 0 amide bonds. The Kier molecular flexibility index (Phi) is 14.0. The van der Waals surface area contributed by atoms with Crippen molar-refractivity contribution in [2.24, 2.45) is 0 Å². The number of allylic oxidation sites excluding steroid dienone is 2. The summed E-state index contributed by atoms with van der Waals surface area (Å²) in [5.74, 6) is 0.334. The fourth-order valence-electron chi connectivity index (χ4n) is 2.09. The van der Waals surface area contributed by atoms with Gasteiger partial charge >= 0.3 is 0 Å². The summed E-state index contributed by atoms with van der Waals surface area (Å²) in [5.41, 5.74) is 0. The van der Waals surface area contributed by atoms with Crippen LogP contribution in [0, 0.1) is 0 Å². The molecule has 0 saturated carbocycles. The Balaban J connectivity index is 3.06. The molecule has 1 nitrogen and oxygen atoms in total. The molecule has 1 heteroatoms. The monoisotopic (exact) mass is 252 g/mol. The van der Waals surface area contributed by atoms with E-state index in [2.05, 4.69) is 19.1 Å². The molecule has 0 aromatic rings. The third-order valence-corrected chi connectivity index (χ3v) is 3.29. The molecule has 0 N–H and O–H groups in total. The maximum Gasteiger partial charge on any atom is 0.129 e. The lowest BCUT2D eigenvalue weighted by molar-refractivity contribution is -0.117. The number of hydrogen-bond acceptors (Lipinski definition) is 1. The average Bonchev–Trinajstić information content (AvgIpc) is 2.34. The van der Waals surface area contributed by atoms with Crippen LogP contribution in [0.4, 0.5) is 0 Å². The summed E-state index contributed by atoms with van der Waals surface area (Å²) in [6.45, 7) is 3.94. The van der Waals surface area contributed by atoms with Gasteiger partial charge in [0.1, 0.15) is 5.78 Å². The summed E-state index contributed by atoms with van der Waals surface area (Å²) in [6.07, 6.45) is 19.7. The quantitative estimate of drug-likeness (QED) is 0.297. The van der Waals surface area contributed by atoms with Crippen LogP contribution < -0.4 is 0 Å². The summed E-state index contributed by atoms with van der Waals surface area (Å²) in [5, 5.41) is 0. The molecular formula is C17H32O. The molecule has 0 heterocycles. The molecule has 0 aliphatic heterocycles. The second kappa shape index (κ2) is 14.5. The molecule has 0 aliphatic carbocycles. The number of rotatable bonds is 13. The molecule has 0 spiro atoms. The Bertz CT molecular complexity index is 206. The van der Waals surface area contributed by atoms with Crippen molar-refractivity contribution < 1.29 is 4.79 Å². The number of unbranched alkanes of at least 4 members (excludes halogenated alkanes) is 9. The normalized spacial score (nSPS) is 11.2. The van der Waals surface area contributed by atoms with Crippen molar-refractivity contribution in [2.75, 3.05) is 0 Å². The highest BCUT2D eigenvalue weighted by atomic mass is 16.1. The fraction of sp³-hybridized carbons (Fsp3) is 0.824. The van der Waals surface area contributed by atoms with Crippen LogP contribution >= 0.6 is 0 Å². The van der Waals surface area contributed by atoms with Gasteiger partial charge in [0.25, 0.3) is 0 Å². The van der Waals surface area contributed by atoms with E-state index in [9.17, 15) is 4.79 Å². The highest BCUT2D eigenvalue weighted by Crippen LogP contribution is 2.08. The molecule has 0 aromatic carbocycles. The van der Waals surface area contributed by atoms with E-state index >= 15 is 0 Å². The molecule has 0 rings (SSSR count). The summed E-state index contributed by atoms with van der Waals surface area (Å²) >= 11 is 0. The van der Waals surface area contributed by atoms with Gasteiger partial charge in [-0.3, -0.25) is 0 Å². The van der Waals surface area contributed by atoms with E-state index in [1.54, 1.807) is 6.92 Å². The van der Waals surface area contributed by atoms with Crippen LogP contribution in [0.15, 0.2) is 12.2 Å². The second-order valence-corrected chi connectivity index (χ2v) is 5.33. The van der Waals surface area contributed by atoms with E-state index in [0.29, 0.717) is 5.78 Å². The predicted molar refractivity (Wildman–Crippen MR) is 80.9 cm³/mol. The fourth-order valence-corrected chi connectivity index (χ4v) is 2.09. The van der Waals surface area contributed by atoms with E-state index in [4.69, 9.17) is 0 Å². The number of Topliss-reactive ketones (excluding diaryl/α,β-unsaturated/α-hetero) is 1. The number of ketones is 1. The van der Waals surface area contributed by atoms with Crippen LogP contribution in [0.3, 0.4) is 0 Å². The molecule has 0 radical (unpaired) electrons. The van der Waals surface area contributed by atoms with Gasteiger partial charge in [-0.2, -0.15) is 0 Å². The zero-order chi connectivity index (χ0) is 13.5. The maximum atomic E-state index is 10.7. The molecule has 0 bridgehead atoms. The Morgan fingerprint density at radius 2 is 1.28 bits per heavy atom. The minimum Gasteiger partial charge on any atom is -0.300 e. The van der Waals surface area contributed by atoms with Gasteiger partial charge in [-0.25, -0.2) is 0 Å². The van der Waals surface area contributed by atoms with Gasteiger partial charge in [0, 0.05) is 6.42 Å². The van der Waals surface area contributed by atoms with Gasteiger partial charge < -0.3 is 4.79 Å². The smallest absolute Gasteiger partial charge is 0.129 e. The van der Waals surface area contributed by atoms with Crippen molar-refractivity contribution in [3.05, 3.63) is 12.2 Å². The van der Waals surface area contributed by atoms with Crippen molar-refractivity contribution in [3.63, 3.8) is 0 Å². The lowest BCUT2D eigenvalue weighted by Crippen LogP contribution is -1.89. The molecular weight excluding hydrogens is 220 g/mol. The molecule has 0 aromatic heterocycles. The van der Waals surface area contributed by atoms with Crippen LogP contribution in [0.25, 0.3) is 0 Å². The van der Waals surface area contributed by atoms with Crippen molar-refractivity contribution >= 4 is 5.78 Å². The predicted octanol–water partition coefficient (Wildman–Crippen LogP) is 5.83. The van der Waals surface area contributed by atoms with Crippen molar-refractivity contribution in [2.45, 2.75) is 90.9 Å². The highest BCUT2D eigenvalue weighted by Gasteiger charge is 1.93. The standard InChI is InChI=1S/C17H32O/c1-3-4-5-6-7-8-9-10-11-12-13-14-15-16-17(2)18/h8-9H,3-7,10-16H2,1-2H3. The van der Waals surface area contributed by atoms with E-state index in [-0.39, 0.29) is 0 Å². The van der Waals surface area contributed by atoms with Crippen LogP contribution in [0.1, 0.15) is 90.9 Å². The van der Waals surface area contributed by atoms with E-state index in [0.717, 1.165) is 12.8 Å². The highest BCUT2D eigenvalue weighted by molar-refractivity contribution is 5.75. The first-order valence-corrected chi connectivity index (χ1v) is 7.91. The molecule has 0 fully saturated rings. The molecule has 0 unspecified atom stereocenters. The van der Waals surface area contributed by atoms with Crippen LogP contribution in [-0.4, -0.2) is 5.78 Å². The molecule has 18 heavy (non-hydrogen) atoms. The summed E-state index contributed by atoms with van der Waals surface area (Å²) in [6, 6.07) is 0. The number of carbonyl (C=O) groups excluding carboxylic acids is 1. The second-order valence-electron chi connectivity index (χ2n) is 5.33. The SMILES string of the molecule is CCCCCCC=CCCCCCCCC(C)=O. The Labute approximate surface area is 114 Å². The minimum atomic E-state index is 0.334. The van der Waals surface area contributed by atoms with Crippen LogP contribution in [0.2, 0.25) is 0 Å². The first-order valence-electron chi connectivity index (χ1n) is 7.91. The first kappa shape index (κ1) is 17.4. The van der Waals surface area contributed by atoms with Crippen molar-refractivity contribution in [1.29, 1.82) is 0 Å². The minimum absolute atomic E-state index is 0.334. The molecule has 0 saturated heterocycles. The Morgan fingerprint density at radius 3 is 1.83 bits per heavy atom. The van der Waals surface area contributed by atoms with Gasteiger partial charge in [0.2, 0.25) is 0 Å². The van der Waals surface area contributed by atoms with E-state index in [1.165, 1.54) is 64.2 Å². The molecule has 0 aliphatic rings. The van der Waals surface area contributed by atoms with E-state index < -0.39 is 0 Å². The Morgan fingerprint density at radius 1 is 0.778 bits per heavy atom. The van der Waals surface area contributed by atoms with Gasteiger partial charge in [0.15, 0.2) is 0 Å². The summed E-state index contributed by atoms with van der Waals surface area (Å²) in [4.78, 5) is 10.7. The maximum absolute atomic E-state index is 10.7. The average molecular weight is 252 g/mol. The molecule has 0 atom stereocenters. The first-order chi connectivity index (χ1) is 8.77.